The van der Waals surface area contributed by atoms with Gasteiger partial charge in [0.2, 0.25) is 11.8 Å². The van der Waals surface area contributed by atoms with Crippen molar-refractivity contribution in [3.05, 3.63) is 65.2 Å². The number of alkyl carbamates (subject to hydrolysis) is 1. The molecule has 0 aliphatic heterocycles. The van der Waals surface area contributed by atoms with Crippen molar-refractivity contribution < 1.29 is 33.8 Å². The van der Waals surface area contributed by atoms with Crippen LogP contribution in [0.2, 0.25) is 0 Å². The van der Waals surface area contributed by atoms with Crippen LogP contribution >= 0.6 is 0 Å². The fourth-order valence-corrected chi connectivity index (χ4v) is 3.64. The van der Waals surface area contributed by atoms with Crippen molar-refractivity contribution >= 4 is 23.9 Å². The number of hydrogen-bond acceptors (Lipinski definition) is 7. The van der Waals surface area contributed by atoms with Gasteiger partial charge in [-0.25, -0.2) is 4.79 Å². The summed E-state index contributed by atoms with van der Waals surface area (Å²) in [7, 11) is 2.66. The van der Waals surface area contributed by atoms with Crippen molar-refractivity contribution in [2.45, 2.75) is 51.8 Å². The molecule has 200 valence electrons. The zero-order valence-corrected chi connectivity index (χ0v) is 22.0. The van der Waals surface area contributed by atoms with Crippen LogP contribution in [0.4, 0.5) is 4.79 Å². The van der Waals surface area contributed by atoms with Crippen LogP contribution in [-0.4, -0.2) is 66.2 Å². The topological polar surface area (TPSA) is 134 Å². The molecule has 2 aromatic carbocycles. The third-order valence-corrected chi connectivity index (χ3v) is 5.47. The lowest BCUT2D eigenvalue weighted by atomic mass is 9.97. The van der Waals surface area contributed by atoms with E-state index in [0.29, 0.717) is 11.1 Å². The third-order valence-electron chi connectivity index (χ3n) is 5.47. The Bertz CT molecular complexity index is 1110. The molecular weight excluding hydrogens is 478 g/mol. The number of esters is 1. The van der Waals surface area contributed by atoms with E-state index in [9.17, 15) is 24.3 Å². The summed E-state index contributed by atoms with van der Waals surface area (Å²) in [5.41, 5.74) is 1.19. The Morgan fingerprint density at radius 3 is 2.22 bits per heavy atom. The molecule has 3 N–H and O–H groups in total. The van der Waals surface area contributed by atoms with Gasteiger partial charge in [-0.1, -0.05) is 36.4 Å². The Hall–Kier alpha value is -4.08. The van der Waals surface area contributed by atoms with Gasteiger partial charge in [-0.15, -0.1) is 0 Å². The van der Waals surface area contributed by atoms with E-state index in [4.69, 9.17) is 4.74 Å². The fourth-order valence-electron chi connectivity index (χ4n) is 3.64. The van der Waals surface area contributed by atoms with E-state index in [0.717, 1.165) is 5.56 Å². The Morgan fingerprint density at radius 1 is 1.03 bits per heavy atom. The maximum atomic E-state index is 13.8. The second-order valence-corrected chi connectivity index (χ2v) is 9.57. The molecule has 2 atom stereocenters. The maximum Gasteiger partial charge on any atom is 0.408 e. The van der Waals surface area contributed by atoms with E-state index in [1.54, 1.807) is 58.0 Å². The van der Waals surface area contributed by atoms with Crippen LogP contribution in [0.25, 0.3) is 0 Å². The summed E-state index contributed by atoms with van der Waals surface area (Å²) >= 11 is 0. The zero-order chi connectivity index (χ0) is 27.8. The number of likely N-dealkylation sites (N-methyl/N-ethyl adjacent to an activating group) is 1. The molecule has 10 heteroatoms. The molecule has 0 saturated carbocycles. The SMILES string of the molecule is COC(=O)CNC(=O)C(c1ccccc1C)N(C)C(=O)C(Cc1ccc(O)cc1)NC(=O)OC(C)(C)C. The molecule has 3 amide bonds. The molecule has 10 nitrogen and oxygen atoms in total. The number of aromatic hydroxyl groups is 1. The van der Waals surface area contributed by atoms with Gasteiger partial charge in [-0.3, -0.25) is 14.4 Å². The molecule has 0 spiro atoms. The van der Waals surface area contributed by atoms with Crippen LogP contribution in [0.1, 0.15) is 43.5 Å². The van der Waals surface area contributed by atoms with E-state index >= 15 is 0 Å². The van der Waals surface area contributed by atoms with Gasteiger partial charge in [-0.2, -0.15) is 0 Å². The maximum absolute atomic E-state index is 13.8. The van der Waals surface area contributed by atoms with Gasteiger partial charge in [0.1, 0.15) is 30.0 Å². The van der Waals surface area contributed by atoms with Crippen molar-refractivity contribution in [2.75, 3.05) is 20.7 Å². The summed E-state index contributed by atoms with van der Waals surface area (Å²) in [6.07, 6.45) is -0.715. The number of nitrogens with one attached hydrogen (secondary N) is 2. The highest BCUT2D eigenvalue weighted by atomic mass is 16.6. The van der Waals surface area contributed by atoms with Gasteiger partial charge in [-0.05, 0) is 56.5 Å². The van der Waals surface area contributed by atoms with Crippen LogP contribution < -0.4 is 10.6 Å². The predicted molar refractivity (Wildman–Crippen MR) is 137 cm³/mol. The first-order chi connectivity index (χ1) is 17.3. The van der Waals surface area contributed by atoms with Crippen LogP contribution in [0.5, 0.6) is 5.75 Å². The van der Waals surface area contributed by atoms with Crippen LogP contribution in [0.15, 0.2) is 48.5 Å². The van der Waals surface area contributed by atoms with E-state index in [2.05, 4.69) is 15.4 Å². The Labute approximate surface area is 216 Å². The zero-order valence-electron chi connectivity index (χ0n) is 22.0. The summed E-state index contributed by atoms with van der Waals surface area (Å²) in [4.78, 5) is 52.5. The van der Waals surface area contributed by atoms with Gasteiger partial charge in [0.15, 0.2) is 0 Å². The molecule has 0 bridgehead atoms. The van der Waals surface area contributed by atoms with E-state index in [-0.39, 0.29) is 18.7 Å². The Morgan fingerprint density at radius 2 is 1.65 bits per heavy atom. The highest BCUT2D eigenvalue weighted by Gasteiger charge is 2.35. The van der Waals surface area contributed by atoms with Crippen LogP contribution in [-0.2, 0) is 30.3 Å². The third kappa shape index (κ3) is 8.82. The minimum Gasteiger partial charge on any atom is -0.508 e. The molecule has 37 heavy (non-hydrogen) atoms. The van der Waals surface area contributed by atoms with Crippen molar-refractivity contribution in [1.29, 1.82) is 0 Å². The standard InChI is InChI=1S/C27H35N3O7/c1-17-9-7-8-10-20(17)23(24(33)28-16-22(32)36-6)30(5)25(34)21(29-26(35)37-27(2,3)4)15-18-11-13-19(31)14-12-18/h7-14,21,23,31H,15-16H2,1-6H3,(H,28,33)(H,29,35). The van der Waals surface area contributed by atoms with Gasteiger partial charge in [0, 0.05) is 13.5 Å². The lowest BCUT2D eigenvalue weighted by molar-refractivity contribution is -0.143. The smallest absolute Gasteiger partial charge is 0.408 e. The number of carbonyl (C=O) groups is 4. The molecule has 0 radical (unpaired) electrons. The largest absolute Gasteiger partial charge is 0.508 e. The summed E-state index contributed by atoms with van der Waals surface area (Å²) in [5.74, 6) is -1.72. The van der Waals surface area contributed by atoms with Crippen molar-refractivity contribution in [3.63, 3.8) is 0 Å². The van der Waals surface area contributed by atoms with Gasteiger partial charge >= 0.3 is 12.1 Å². The normalized spacial score (nSPS) is 12.6. The number of hydrogen-bond donors (Lipinski definition) is 3. The first-order valence-electron chi connectivity index (χ1n) is 11.8. The van der Waals surface area contributed by atoms with Crippen LogP contribution in [0.3, 0.4) is 0 Å². The highest BCUT2D eigenvalue weighted by Crippen LogP contribution is 2.25. The number of benzene rings is 2. The van der Waals surface area contributed by atoms with Gasteiger partial charge in [0.05, 0.1) is 7.11 Å². The first-order valence-corrected chi connectivity index (χ1v) is 11.8. The summed E-state index contributed by atoms with van der Waals surface area (Å²) in [6, 6.07) is 11.1. The number of ether oxygens (including phenoxy) is 2. The number of nitrogens with zero attached hydrogens (tertiary/aromatic N) is 1. The highest BCUT2D eigenvalue weighted by molar-refractivity contribution is 5.93. The lowest BCUT2D eigenvalue weighted by Crippen LogP contribution is -2.52. The average Bonchev–Trinajstić information content (AvgIpc) is 2.83. The number of aryl methyl sites for hydroxylation is 1. The average molecular weight is 514 g/mol. The summed E-state index contributed by atoms with van der Waals surface area (Å²) in [6.45, 7) is 6.55. The molecule has 0 fully saturated rings. The Balaban J connectivity index is 2.41. The molecular formula is C27H35N3O7. The molecule has 0 heterocycles. The van der Waals surface area contributed by atoms with E-state index in [1.807, 2.05) is 6.07 Å². The molecule has 0 saturated heterocycles. The molecule has 2 aromatic rings. The first kappa shape index (κ1) is 29.2. The monoisotopic (exact) mass is 513 g/mol. The quantitative estimate of drug-likeness (QED) is 0.439. The van der Waals surface area contributed by atoms with Crippen LogP contribution in [0, 0.1) is 6.92 Å². The molecule has 0 aliphatic rings. The predicted octanol–water partition coefficient (Wildman–Crippen LogP) is 2.63. The van der Waals surface area contributed by atoms with Crippen molar-refractivity contribution in [2.24, 2.45) is 0 Å². The number of phenolic OH excluding ortho intramolecular Hbond substituents is 1. The minimum absolute atomic E-state index is 0.0609. The molecule has 0 aliphatic carbocycles. The molecule has 2 rings (SSSR count). The fraction of sp³-hybridized carbons (Fsp3) is 0.407. The molecule has 0 aromatic heterocycles. The number of rotatable bonds is 9. The lowest BCUT2D eigenvalue weighted by Gasteiger charge is -2.32. The minimum atomic E-state index is -1.10. The van der Waals surface area contributed by atoms with Crippen molar-refractivity contribution in [1.82, 2.24) is 15.5 Å². The van der Waals surface area contributed by atoms with E-state index in [1.165, 1.54) is 31.2 Å². The van der Waals surface area contributed by atoms with Gasteiger partial charge < -0.3 is 30.1 Å². The van der Waals surface area contributed by atoms with Crippen molar-refractivity contribution in [3.8, 4) is 5.75 Å². The molecule has 2 unspecified atom stereocenters. The number of phenols is 1. The second kappa shape index (κ2) is 12.8. The Kier molecular flexibility index (Phi) is 10.0. The summed E-state index contributed by atoms with van der Waals surface area (Å²) < 4.78 is 9.95. The second-order valence-electron chi connectivity index (χ2n) is 9.57. The number of methoxy groups -OCH3 is 1. The summed E-state index contributed by atoms with van der Waals surface area (Å²) in [5, 5.41) is 14.7. The number of amides is 3. The van der Waals surface area contributed by atoms with Gasteiger partial charge in [0.25, 0.3) is 0 Å². The number of carbonyl (C=O) groups excluding carboxylic acids is 4. The van der Waals surface area contributed by atoms with E-state index < -0.39 is 41.6 Å².